The molecule has 5 heteroatoms. The fourth-order valence-corrected chi connectivity index (χ4v) is 1.47. The molecule has 1 saturated heterocycles. The van der Waals surface area contributed by atoms with E-state index in [4.69, 9.17) is 0 Å². The molecule has 2 N–H and O–H groups in total. The average Bonchev–Trinajstić information content (AvgIpc) is 2.45. The normalized spacial score (nSPS) is 20.2. The fourth-order valence-electron chi connectivity index (χ4n) is 1.47. The predicted molar refractivity (Wildman–Crippen MR) is 54.2 cm³/mol. The first-order chi connectivity index (χ1) is 7.15. The molecule has 1 aliphatic heterocycles. The topological polar surface area (TPSA) is 71.1 Å². The van der Waals surface area contributed by atoms with Gasteiger partial charge in [0.15, 0.2) is 0 Å². The van der Waals surface area contributed by atoms with Gasteiger partial charge in [-0.1, -0.05) is 6.07 Å². The number of nitrogens with one attached hydrogen (secondary N) is 2. The van der Waals surface area contributed by atoms with Crippen LogP contribution in [0.25, 0.3) is 0 Å². The van der Waals surface area contributed by atoms with Gasteiger partial charge < -0.3 is 5.32 Å². The third-order valence-electron chi connectivity index (χ3n) is 2.18. The fraction of sp³-hybridized carbons (Fsp3) is 0.300. The Morgan fingerprint density at radius 3 is 2.87 bits per heavy atom. The van der Waals surface area contributed by atoms with Crippen molar-refractivity contribution in [3.63, 3.8) is 0 Å². The van der Waals surface area contributed by atoms with E-state index in [1.54, 1.807) is 6.07 Å². The number of rotatable bonds is 2. The van der Waals surface area contributed by atoms with Crippen LogP contribution in [-0.4, -0.2) is 22.8 Å². The highest BCUT2D eigenvalue weighted by Crippen LogP contribution is 2.10. The van der Waals surface area contributed by atoms with Gasteiger partial charge in [0.1, 0.15) is 11.9 Å². The van der Waals surface area contributed by atoms with Gasteiger partial charge in [-0.15, -0.1) is 0 Å². The minimum Gasteiger partial charge on any atom is -0.358 e. The van der Waals surface area contributed by atoms with Crippen molar-refractivity contribution in [1.82, 2.24) is 10.3 Å². The van der Waals surface area contributed by atoms with Gasteiger partial charge in [-0.2, -0.15) is 0 Å². The summed E-state index contributed by atoms with van der Waals surface area (Å²) in [5.74, 6) is 0.0818. The molecule has 0 aliphatic carbocycles. The second kappa shape index (κ2) is 3.68. The summed E-state index contributed by atoms with van der Waals surface area (Å²) in [5.41, 5.74) is 0.865. The average molecular weight is 205 g/mol. The zero-order chi connectivity index (χ0) is 10.8. The van der Waals surface area contributed by atoms with Crippen molar-refractivity contribution in [3.05, 3.63) is 23.9 Å². The van der Waals surface area contributed by atoms with Crippen LogP contribution in [0.2, 0.25) is 0 Å². The molecule has 0 radical (unpaired) electrons. The van der Waals surface area contributed by atoms with Crippen LogP contribution in [0.15, 0.2) is 18.2 Å². The van der Waals surface area contributed by atoms with E-state index < -0.39 is 6.04 Å². The van der Waals surface area contributed by atoms with Crippen LogP contribution >= 0.6 is 0 Å². The molecule has 78 valence electrons. The Balaban J connectivity index is 2.09. The molecule has 1 aromatic rings. The number of hydrogen-bond acceptors (Lipinski definition) is 4. The van der Waals surface area contributed by atoms with Crippen molar-refractivity contribution < 1.29 is 9.59 Å². The molecular formula is C10H11N3O2. The number of amides is 2. The highest BCUT2D eigenvalue weighted by Gasteiger charge is 2.30. The maximum Gasteiger partial charge on any atom is 0.249 e. The molecule has 2 amide bonds. The lowest BCUT2D eigenvalue weighted by Crippen LogP contribution is -2.30. The Hall–Kier alpha value is -1.91. The summed E-state index contributed by atoms with van der Waals surface area (Å²) in [6.45, 7) is 1.87. The Morgan fingerprint density at radius 1 is 1.47 bits per heavy atom. The Morgan fingerprint density at radius 2 is 2.27 bits per heavy atom. The molecule has 0 saturated carbocycles. The summed E-state index contributed by atoms with van der Waals surface area (Å²) < 4.78 is 0. The number of imide groups is 1. The SMILES string of the molecule is Cc1cccc(NC2CC(=O)NC2=O)n1. The maximum atomic E-state index is 11.3. The highest BCUT2D eigenvalue weighted by atomic mass is 16.2. The first-order valence-corrected chi connectivity index (χ1v) is 4.69. The molecule has 15 heavy (non-hydrogen) atoms. The lowest BCUT2D eigenvalue weighted by Gasteiger charge is -2.09. The summed E-state index contributed by atoms with van der Waals surface area (Å²) >= 11 is 0. The lowest BCUT2D eigenvalue weighted by atomic mass is 10.2. The number of pyridine rings is 1. The van der Waals surface area contributed by atoms with Gasteiger partial charge in [0, 0.05) is 5.69 Å². The number of hydrogen-bond donors (Lipinski definition) is 2. The summed E-state index contributed by atoms with van der Waals surface area (Å²) in [7, 11) is 0. The van der Waals surface area contributed by atoms with Gasteiger partial charge in [-0.25, -0.2) is 4.98 Å². The molecule has 0 spiro atoms. The molecule has 5 nitrogen and oxygen atoms in total. The van der Waals surface area contributed by atoms with Crippen LogP contribution in [0.4, 0.5) is 5.82 Å². The number of carbonyl (C=O) groups excluding carboxylic acids is 2. The van der Waals surface area contributed by atoms with Crippen molar-refractivity contribution in [1.29, 1.82) is 0 Å². The van der Waals surface area contributed by atoms with Crippen LogP contribution in [0, 0.1) is 6.92 Å². The third kappa shape index (κ3) is 2.12. The molecule has 2 rings (SSSR count). The van der Waals surface area contributed by atoms with E-state index in [0.29, 0.717) is 5.82 Å². The number of nitrogens with zero attached hydrogens (tertiary/aromatic N) is 1. The van der Waals surface area contributed by atoms with Crippen molar-refractivity contribution in [2.45, 2.75) is 19.4 Å². The zero-order valence-corrected chi connectivity index (χ0v) is 8.28. The quantitative estimate of drug-likeness (QED) is 0.677. The smallest absolute Gasteiger partial charge is 0.249 e. The molecule has 1 aliphatic rings. The molecule has 1 atom stereocenters. The van der Waals surface area contributed by atoms with E-state index in [1.165, 1.54) is 0 Å². The molecule has 0 aromatic carbocycles. The largest absolute Gasteiger partial charge is 0.358 e. The van der Waals surface area contributed by atoms with Gasteiger partial charge in [0.2, 0.25) is 11.8 Å². The van der Waals surface area contributed by atoms with Crippen LogP contribution < -0.4 is 10.6 Å². The van der Waals surface area contributed by atoms with E-state index in [2.05, 4.69) is 15.6 Å². The van der Waals surface area contributed by atoms with Crippen molar-refractivity contribution in [2.24, 2.45) is 0 Å². The van der Waals surface area contributed by atoms with E-state index in [9.17, 15) is 9.59 Å². The van der Waals surface area contributed by atoms with E-state index in [1.807, 2.05) is 19.1 Å². The Labute approximate surface area is 86.9 Å². The van der Waals surface area contributed by atoms with Crippen molar-refractivity contribution >= 4 is 17.6 Å². The van der Waals surface area contributed by atoms with Crippen LogP contribution in [0.1, 0.15) is 12.1 Å². The summed E-state index contributed by atoms with van der Waals surface area (Å²) in [6.07, 6.45) is 0.175. The van der Waals surface area contributed by atoms with Crippen LogP contribution in [0.5, 0.6) is 0 Å². The van der Waals surface area contributed by atoms with Gasteiger partial charge in [0.05, 0.1) is 6.42 Å². The molecule has 1 fully saturated rings. The first-order valence-electron chi connectivity index (χ1n) is 4.69. The van der Waals surface area contributed by atoms with Crippen LogP contribution in [-0.2, 0) is 9.59 Å². The molecule has 1 aromatic heterocycles. The lowest BCUT2D eigenvalue weighted by molar-refractivity contribution is -0.124. The van der Waals surface area contributed by atoms with Crippen molar-refractivity contribution in [3.8, 4) is 0 Å². The van der Waals surface area contributed by atoms with Crippen molar-refractivity contribution in [2.75, 3.05) is 5.32 Å². The second-order valence-electron chi connectivity index (χ2n) is 3.48. The third-order valence-corrected chi connectivity index (χ3v) is 2.18. The monoisotopic (exact) mass is 205 g/mol. The maximum absolute atomic E-state index is 11.3. The van der Waals surface area contributed by atoms with Gasteiger partial charge in [-0.05, 0) is 19.1 Å². The van der Waals surface area contributed by atoms with Gasteiger partial charge in [0.25, 0.3) is 0 Å². The standard InChI is InChI=1S/C10H11N3O2/c1-6-3-2-4-8(11-6)12-7-5-9(14)13-10(7)15/h2-4,7H,5H2,1H3,(H,11,12)(H,13,14,15). The number of anilines is 1. The summed E-state index contributed by atoms with van der Waals surface area (Å²) in [6, 6.07) is 4.99. The highest BCUT2D eigenvalue weighted by molar-refractivity contribution is 6.06. The van der Waals surface area contributed by atoms with E-state index in [0.717, 1.165) is 5.69 Å². The number of aryl methyl sites for hydroxylation is 1. The minimum absolute atomic E-state index is 0.175. The summed E-state index contributed by atoms with van der Waals surface area (Å²) in [4.78, 5) is 26.4. The van der Waals surface area contributed by atoms with E-state index >= 15 is 0 Å². The Bertz CT molecular complexity index is 417. The Kier molecular flexibility index (Phi) is 2.37. The molecule has 1 unspecified atom stereocenters. The first kappa shape index (κ1) is 9.64. The van der Waals surface area contributed by atoms with Crippen LogP contribution in [0.3, 0.4) is 0 Å². The number of carbonyl (C=O) groups is 2. The molecule has 0 bridgehead atoms. The molecule has 2 heterocycles. The summed E-state index contributed by atoms with van der Waals surface area (Å²) in [5, 5.41) is 5.15. The van der Waals surface area contributed by atoms with E-state index in [-0.39, 0.29) is 18.2 Å². The zero-order valence-electron chi connectivity index (χ0n) is 8.28. The van der Waals surface area contributed by atoms with Gasteiger partial charge in [-0.3, -0.25) is 14.9 Å². The minimum atomic E-state index is -0.494. The second-order valence-corrected chi connectivity index (χ2v) is 3.48. The number of aromatic nitrogens is 1. The van der Waals surface area contributed by atoms with Gasteiger partial charge >= 0.3 is 0 Å². The molecular weight excluding hydrogens is 194 g/mol. The predicted octanol–water partition coefficient (Wildman–Crippen LogP) is 0.217.